The maximum absolute atomic E-state index is 13.4. The van der Waals surface area contributed by atoms with Gasteiger partial charge in [0.05, 0.1) is 17.0 Å². The maximum Gasteiger partial charge on any atom is 0.290 e. The number of carbonyl (C=O) groups is 1. The molecule has 2 aromatic carbocycles. The van der Waals surface area contributed by atoms with E-state index in [0.29, 0.717) is 28.1 Å². The first-order chi connectivity index (χ1) is 13.6. The lowest BCUT2D eigenvalue weighted by Gasteiger charge is -2.25. The van der Waals surface area contributed by atoms with Gasteiger partial charge in [0.25, 0.3) is 5.91 Å². The molecule has 2 heterocycles. The van der Waals surface area contributed by atoms with Crippen LogP contribution in [0.5, 0.6) is 0 Å². The normalized spacial score (nSPS) is 16.6. The molecule has 0 bridgehead atoms. The summed E-state index contributed by atoms with van der Waals surface area (Å²) in [7, 11) is 0. The van der Waals surface area contributed by atoms with E-state index in [1.807, 2.05) is 26.0 Å². The predicted octanol–water partition coefficient (Wildman–Crippen LogP) is 5.62. The molecule has 150 valence electrons. The molecule has 1 aliphatic heterocycles. The summed E-state index contributed by atoms with van der Waals surface area (Å²) in [6.07, 6.45) is 0. The fourth-order valence-electron chi connectivity index (χ4n) is 3.98. The zero-order chi connectivity index (χ0) is 21.1. The third kappa shape index (κ3) is 3.06. The van der Waals surface area contributed by atoms with E-state index in [2.05, 4.69) is 32.9 Å². The van der Waals surface area contributed by atoms with Gasteiger partial charge >= 0.3 is 0 Å². The van der Waals surface area contributed by atoms with Crippen molar-refractivity contribution in [2.24, 2.45) is 0 Å². The Morgan fingerprint density at radius 2 is 1.76 bits per heavy atom. The zero-order valence-electron chi connectivity index (χ0n) is 17.3. The van der Waals surface area contributed by atoms with Gasteiger partial charge in [0.1, 0.15) is 5.58 Å². The molecule has 0 saturated carbocycles. The molecule has 1 aliphatic rings. The lowest BCUT2D eigenvalue weighted by Crippen LogP contribution is -2.29. The lowest BCUT2D eigenvalue weighted by atomic mass is 9.86. The van der Waals surface area contributed by atoms with Gasteiger partial charge in [-0.3, -0.25) is 9.59 Å². The number of carbonyl (C=O) groups excluding carboxylic acids is 1. The summed E-state index contributed by atoms with van der Waals surface area (Å²) in [4.78, 5) is 28.1. The van der Waals surface area contributed by atoms with E-state index in [1.54, 1.807) is 17.0 Å². The van der Waals surface area contributed by atoms with Crippen LogP contribution in [0, 0.1) is 6.92 Å². The van der Waals surface area contributed by atoms with Gasteiger partial charge in [-0.2, -0.15) is 0 Å². The third-order valence-corrected chi connectivity index (χ3v) is 6.09. The lowest BCUT2D eigenvalue weighted by molar-refractivity contribution is 0.0738. The molecule has 4 nitrogen and oxygen atoms in total. The number of rotatable bonds is 2. The maximum atomic E-state index is 13.4. The van der Waals surface area contributed by atoms with Crippen LogP contribution in [-0.4, -0.2) is 17.4 Å². The molecule has 1 unspecified atom stereocenters. The van der Waals surface area contributed by atoms with Gasteiger partial charge < -0.3 is 9.32 Å². The van der Waals surface area contributed by atoms with Crippen LogP contribution in [0.15, 0.2) is 45.6 Å². The van der Waals surface area contributed by atoms with E-state index >= 15 is 0 Å². The molecular weight excluding hydrogens is 386 g/mol. The van der Waals surface area contributed by atoms with Crippen molar-refractivity contribution in [1.82, 2.24) is 4.90 Å². The minimum absolute atomic E-state index is 0.0240. The number of hydrogen-bond donors (Lipinski definition) is 0. The quantitative estimate of drug-likeness (QED) is 0.552. The highest BCUT2D eigenvalue weighted by Crippen LogP contribution is 2.39. The first kappa shape index (κ1) is 19.7. The van der Waals surface area contributed by atoms with Gasteiger partial charge in [-0.1, -0.05) is 56.6 Å². The van der Waals surface area contributed by atoms with Gasteiger partial charge in [0, 0.05) is 11.6 Å². The van der Waals surface area contributed by atoms with E-state index in [0.717, 1.165) is 11.1 Å². The summed E-state index contributed by atoms with van der Waals surface area (Å²) in [6, 6.07) is 11.0. The standard InChI is InChI=1S/C24H24ClNO3/c1-6-26-20(14-7-9-15(10-8-14)24(3,4)5)19-21(27)16-12-17(25)13(2)11-18(16)29-22(19)23(26)28/h7-12,20H,6H2,1-5H3. The van der Waals surface area contributed by atoms with Crippen molar-refractivity contribution in [3.63, 3.8) is 0 Å². The Morgan fingerprint density at radius 3 is 2.34 bits per heavy atom. The van der Waals surface area contributed by atoms with Crippen molar-refractivity contribution in [3.05, 3.63) is 79.7 Å². The largest absolute Gasteiger partial charge is 0.450 e. The van der Waals surface area contributed by atoms with Gasteiger partial charge in [-0.15, -0.1) is 0 Å². The molecule has 29 heavy (non-hydrogen) atoms. The minimum Gasteiger partial charge on any atom is -0.450 e. The first-order valence-electron chi connectivity index (χ1n) is 9.81. The summed E-state index contributed by atoms with van der Waals surface area (Å²) < 4.78 is 5.95. The number of aryl methyl sites for hydroxylation is 1. The Hall–Kier alpha value is -2.59. The highest BCUT2D eigenvalue weighted by molar-refractivity contribution is 6.32. The number of hydrogen-bond acceptors (Lipinski definition) is 3. The van der Waals surface area contributed by atoms with Crippen molar-refractivity contribution in [1.29, 1.82) is 0 Å². The van der Waals surface area contributed by atoms with E-state index in [1.165, 1.54) is 5.56 Å². The Labute approximate surface area is 175 Å². The second-order valence-electron chi connectivity index (χ2n) is 8.64. The van der Waals surface area contributed by atoms with Crippen molar-refractivity contribution in [3.8, 4) is 0 Å². The van der Waals surface area contributed by atoms with Crippen molar-refractivity contribution in [2.45, 2.75) is 46.1 Å². The van der Waals surface area contributed by atoms with Crippen LogP contribution < -0.4 is 5.43 Å². The molecule has 0 fully saturated rings. The van der Waals surface area contributed by atoms with Gasteiger partial charge in [-0.25, -0.2) is 0 Å². The van der Waals surface area contributed by atoms with E-state index < -0.39 is 6.04 Å². The fraction of sp³-hybridized carbons (Fsp3) is 0.333. The Kier molecular flexibility index (Phi) is 4.58. The first-order valence-corrected chi connectivity index (χ1v) is 10.2. The van der Waals surface area contributed by atoms with Crippen LogP contribution in [0.4, 0.5) is 0 Å². The molecule has 1 amide bonds. The molecule has 0 spiro atoms. The van der Waals surface area contributed by atoms with Crippen LogP contribution in [0.25, 0.3) is 11.0 Å². The number of halogens is 1. The SMILES string of the molecule is CCN1C(=O)c2oc3cc(C)c(Cl)cc3c(=O)c2C1c1ccc(C(C)(C)C)cc1. The van der Waals surface area contributed by atoms with Gasteiger partial charge in [0.2, 0.25) is 5.76 Å². The fourth-order valence-corrected chi connectivity index (χ4v) is 4.14. The number of nitrogens with zero attached hydrogens (tertiary/aromatic N) is 1. The van der Waals surface area contributed by atoms with Crippen LogP contribution in [-0.2, 0) is 5.41 Å². The molecule has 4 rings (SSSR count). The summed E-state index contributed by atoms with van der Waals surface area (Å²) in [6.45, 7) is 10.7. The molecular formula is C24H24ClNO3. The number of amides is 1. The summed E-state index contributed by atoms with van der Waals surface area (Å²) in [5.74, 6) is -0.116. The van der Waals surface area contributed by atoms with E-state index in [4.69, 9.17) is 16.0 Å². The molecule has 1 aromatic heterocycles. The monoisotopic (exact) mass is 409 g/mol. The van der Waals surface area contributed by atoms with Crippen LogP contribution in [0.3, 0.4) is 0 Å². The molecule has 0 radical (unpaired) electrons. The predicted molar refractivity (Wildman–Crippen MR) is 116 cm³/mol. The average Bonchev–Trinajstić information content (AvgIpc) is 2.95. The molecule has 5 heteroatoms. The van der Waals surface area contributed by atoms with Crippen LogP contribution >= 0.6 is 11.6 Å². The summed E-state index contributed by atoms with van der Waals surface area (Å²) in [5.41, 5.74) is 3.51. The van der Waals surface area contributed by atoms with Crippen LogP contribution in [0.1, 0.15) is 66.5 Å². The highest BCUT2D eigenvalue weighted by atomic mass is 35.5. The zero-order valence-corrected chi connectivity index (χ0v) is 18.1. The van der Waals surface area contributed by atoms with E-state index in [9.17, 15) is 9.59 Å². The number of benzene rings is 2. The van der Waals surface area contributed by atoms with Crippen LogP contribution in [0.2, 0.25) is 5.02 Å². The van der Waals surface area contributed by atoms with Crippen molar-refractivity contribution < 1.29 is 9.21 Å². The third-order valence-electron chi connectivity index (χ3n) is 5.68. The summed E-state index contributed by atoms with van der Waals surface area (Å²) in [5, 5.41) is 0.911. The Balaban J connectivity index is 1.95. The average molecular weight is 410 g/mol. The summed E-state index contributed by atoms with van der Waals surface area (Å²) >= 11 is 6.25. The molecule has 0 aliphatic carbocycles. The van der Waals surface area contributed by atoms with Crippen molar-refractivity contribution in [2.75, 3.05) is 6.54 Å². The smallest absolute Gasteiger partial charge is 0.290 e. The molecule has 0 saturated heterocycles. The molecule has 1 atom stereocenters. The molecule has 3 aromatic rings. The molecule has 0 N–H and O–H groups in total. The minimum atomic E-state index is -0.461. The topological polar surface area (TPSA) is 50.5 Å². The van der Waals surface area contributed by atoms with Gasteiger partial charge in [0.15, 0.2) is 5.43 Å². The second-order valence-corrected chi connectivity index (χ2v) is 9.04. The Bertz CT molecular complexity index is 1190. The Morgan fingerprint density at radius 1 is 1.10 bits per heavy atom. The van der Waals surface area contributed by atoms with Crippen molar-refractivity contribution >= 4 is 28.5 Å². The number of fused-ring (bicyclic) bond motifs is 2. The van der Waals surface area contributed by atoms with E-state index in [-0.39, 0.29) is 22.5 Å². The highest BCUT2D eigenvalue weighted by Gasteiger charge is 2.42. The van der Waals surface area contributed by atoms with Gasteiger partial charge in [-0.05, 0) is 48.1 Å². The second kappa shape index (κ2) is 6.74.